The first kappa shape index (κ1) is 19.4. The Hall–Kier alpha value is -1.94. The van der Waals surface area contributed by atoms with E-state index < -0.39 is 19.0 Å². The SMILES string of the molecule is COP(=O)(/C=C(\OC(=O)C(C)(C)C)c1ccc2ccccc2c1)OC. The third-order valence-corrected chi connectivity index (χ3v) is 5.20. The molecule has 0 fully saturated rings. The average Bonchev–Trinajstić information content (AvgIpc) is 2.59. The van der Waals surface area contributed by atoms with Crippen molar-refractivity contribution < 1.29 is 23.1 Å². The summed E-state index contributed by atoms with van der Waals surface area (Å²) in [5, 5.41) is 2.02. The summed E-state index contributed by atoms with van der Waals surface area (Å²) in [5.74, 6) is 0.948. The zero-order valence-electron chi connectivity index (χ0n) is 15.1. The minimum atomic E-state index is -3.51. The molecule has 0 radical (unpaired) electrons. The molecule has 0 amide bonds. The molecule has 2 aromatic carbocycles. The molecule has 0 aliphatic rings. The second-order valence-electron chi connectivity index (χ2n) is 6.60. The van der Waals surface area contributed by atoms with Gasteiger partial charge in [-0.25, -0.2) is 0 Å². The van der Waals surface area contributed by atoms with Crippen molar-refractivity contribution in [1.29, 1.82) is 0 Å². The van der Waals surface area contributed by atoms with Crippen molar-refractivity contribution in [1.82, 2.24) is 0 Å². The van der Waals surface area contributed by atoms with E-state index in [9.17, 15) is 9.36 Å². The quantitative estimate of drug-likeness (QED) is 0.415. The van der Waals surface area contributed by atoms with Crippen molar-refractivity contribution in [3.8, 4) is 0 Å². The van der Waals surface area contributed by atoms with Crippen molar-refractivity contribution in [3.63, 3.8) is 0 Å². The Morgan fingerprint density at radius 2 is 1.60 bits per heavy atom. The number of ether oxygens (including phenoxy) is 1. The van der Waals surface area contributed by atoms with Gasteiger partial charge in [0.25, 0.3) is 0 Å². The Bertz CT molecular complexity index is 840. The topological polar surface area (TPSA) is 61.8 Å². The van der Waals surface area contributed by atoms with Crippen LogP contribution >= 0.6 is 7.60 Å². The van der Waals surface area contributed by atoms with Crippen molar-refractivity contribution >= 4 is 30.1 Å². The number of rotatable bonds is 5. The first-order chi connectivity index (χ1) is 11.7. The van der Waals surface area contributed by atoms with Crippen LogP contribution < -0.4 is 0 Å². The van der Waals surface area contributed by atoms with Crippen LogP contribution in [-0.4, -0.2) is 20.2 Å². The largest absolute Gasteiger partial charge is 0.425 e. The van der Waals surface area contributed by atoms with E-state index in [0.717, 1.165) is 10.8 Å². The zero-order valence-corrected chi connectivity index (χ0v) is 16.0. The predicted octanol–water partition coefficient (Wildman–Crippen LogP) is 5.21. The molecule has 0 aliphatic heterocycles. The molecule has 0 aromatic heterocycles. The minimum Gasteiger partial charge on any atom is -0.425 e. The highest BCUT2D eigenvalue weighted by molar-refractivity contribution is 7.57. The van der Waals surface area contributed by atoms with Gasteiger partial charge in [-0.3, -0.25) is 9.36 Å². The Morgan fingerprint density at radius 3 is 2.16 bits per heavy atom. The van der Waals surface area contributed by atoms with E-state index in [0.29, 0.717) is 5.56 Å². The monoisotopic (exact) mass is 362 g/mol. The second kappa shape index (κ2) is 7.52. The molecule has 134 valence electrons. The van der Waals surface area contributed by atoms with Crippen LogP contribution in [0.1, 0.15) is 26.3 Å². The summed E-state index contributed by atoms with van der Waals surface area (Å²) in [6.07, 6.45) is 0. The van der Waals surface area contributed by atoms with E-state index in [2.05, 4.69) is 0 Å². The molecular formula is C19H23O5P. The third-order valence-electron chi connectivity index (χ3n) is 3.63. The van der Waals surface area contributed by atoms with Gasteiger partial charge in [-0.2, -0.15) is 0 Å². The van der Waals surface area contributed by atoms with Gasteiger partial charge in [-0.05, 0) is 37.6 Å². The molecule has 0 saturated heterocycles. The van der Waals surface area contributed by atoms with Crippen LogP contribution in [0.25, 0.3) is 16.5 Å². The fraction of sp³-hybridized carbons (Fsp3) is 0.316. The van der Waals surface area contributed by atoms with Crippen LogP contribution in [0.2, 0.25) is 0 Å². The molecule has 2 aromatic rings. The zero-order chi connectivity index (χ0) is 18.7. The Morgan fingerprint density at radius 1 is 1.00 bits per heavy atom. The van der Waals surface area contributed by atoms with Gasteiger partial charge >= 0.3 is 13.6 Å². The molecule has 0 N–H and O–H groups in total. The number of esters is 1. The molecule has 0 heterocycles. The van der Waals surface area contributed by atoms with E-state index in [1.807, 2.05) is 36.4 Å². The number of fused-ring (bicyclic) bond motifs is 1. The lowest BCUT2D eigenvalue weighted by Crippen LogP contribution is -2.22. The van der Waals surface area contributed by atoms with Gasteiger partial charge in [0.15, 0.2) is 0 Å². The van der Waals surface area contributed by atoms with E-state index in [1.165, 1.54) is 20.0 Å². The van der Waals surface area contributed by atoms with Crippen LogP contribution in [0.5, 0.6) is 0 Å². The first-order valence-electron chi connectivity index (χ1n) is 7.84. The fourth-order valence-corrected chi connectivity index (χ4v) is 2.93. The number of benzene rings is 2. The van der Waals surface area contributed by atoms with Gasteiger partial charge in [0, 0.05) is 19.8 Å². The van der Waals surface area contributed by atoms with Gasteiger partial charge in [0.2, 0.25) is 0 Å². The van der Waals surface area contributed by atoms with Gasteiger partial charge in [0.05, 0.1) is 11.2 Å². The lowest BCUT2D eigenvalue weighted by atomic mass is 9.97. The number of carbonyl (C=O) groups excluding carboxylic acids is 1. The lowest BCUT2D eigenvalue weighted by molar-refractivity contribution is -0.145. The maximum Gasteiger partial charge on any atom is 0.357 e. The molecule has 0 unspecified atom stereocenters. The predicted molar refractivity (Wildman–Crippen MR) is 99.1 cm³/mol. The maximum atomic E-state index is 12.5. The molecule has 2 rings (SSSR count). The Balaban J connectivity index is 2.54. The normalized spacial score (nSPS) is 13.1. The molecule has 0 aliphatic carbocycles. The molecule has 0 atom stereocenters. The van der Waals surface area contributed by atoms with Crippen LogP contribution in [0.3, 0.4) is 0 Å². The Labute approximate surface area is 148 Å². The van der Waals surface area contributed by atoms with E-state index in [1.54, 1.807) is 26.8 Å². The molecule has 5 nitrogen and oxygen atoms in total. The number of hydrogen-bond donors (Lipinski definition) is 0. The van der Waals surface area contributed by atoms with E-state index >= 15 is 0 Å². The van der Waals surface area contributed by atoms with Crippen molar-refractivity contribution in [2.75, 3.05) is 14.2 Å². The highest BCUT2D eigenvalue weighted by Gasteiger charge is 2.27. The minimum absolute atomic E-state index is 0.151. The van der Waals surface area contributed by atoms with Crippen LogP contribution in [-0.2, 0) is 23.1 Å². The molecule has 0 spiro atoms. The molecule has 25 heavy (non-hydrogen) atoms. The van der Waals surface area contributed by atoms with Gasteiger partial charge in [-0.1, -0.05) is 36.4 Å². The summed E-state index contributed by atoms with van der Waals surface area (Å²) in [5.41, 5.74) is -0.0919. The van der Waals surface area contributed by atoms with Crippen LogP contribution in [0.4, 0.5) is 0 Å². The van der Waals surface area contributed by atoms with Crippen molar-refractivity contribution in [2.45, 2.75) is 20.8 Å². The van der Waals surface area contributed by atoms with Gasteiger partial charge in [0.1, 0.15) is 5.76 Å². The Kier molecular flexibility index (Phi) is 5.83. The molecule has 6 heteroatoms. The smallest absolute Gasteiger partial charge is 0.357 e. The van der Waals surface area contributed by atoms with E-state index in [-0.39, 0.29) is 5.76 Å². The van der Waals surface area contributed by atoms with Gasteiger partial charge in [-0.15, -0.1) is 0 Å². The summed E-state index contributed by atoms with van der Waals surface area (Å²) >= 11 is 0. The molecule has 0 saturated carbocycles. The van der Waals surface area contributed by atoms with Crippen LogP contribution in [0, 0.1) is 5.41 Å². The highest BCUT2D eigenvalue weighted by atomic mass is 31.2. The van der Waals surface area contributed by atoms with Gasteiger partial charge < -0.3 is 13.8 Å². The van der Waals surface area contributed by atoms with Crippen LogP contribution in [0.15, 0.2) is 48.3 Å². The lowest BCUT2D eigenvalue weighted by Gasteiger charge is -2.19. The standard InChI is InChI=1S/C19H23O5P/c1-19(2,3)18(20)24-17(13-25(21,22-4)23-5)16-11-10-14-8-6-7-9-15(14)12-16/h6-13H,1-5H3/b17-13-. The second-order valence-corrected chi connectivity index (χ2v) is 8.67. The highest BCUT2D eigenvalue weighted by Crippen LogP contribution is 2.50. The van der Waals surface area contributed by atoms with Crippen molar-refractivity contribution in [2.24, 2.45) is 5.41 Å². The summed E-state index contributed by atoms with van der Waals surface area (Å²) in [7, 11) is -0.947. The molecular weight excluding hydrogens is 339 g/mol. The summed E-state index contributed by atoms with van der Waals surface area (Å²) in [4.78, 5) is 12.3. The third kappa shape index (κ3) is 4.79. The van der Waals surface area contributed by atoms with Crippen molar-refractivity contribution in [3.05, 3.63) is 53.8 Å². The maximum absolute atomic E-state index is 12.5. The average molecular weight is 362 g/mol. The number of hydrogen-bond acceptors (Lipinski definition) is 5. The number of carbonyl (C=O) groups is 1. The van der Waals surface area contributed by atoms with E-state index in [4.69, 9.17) is 13.8 Å². The first-order valence-corrected chi connectivity index (χ1v) is 9.45. The summed E-state index contributed by atoms with van der Waals surface area (Å²) in [6, 6.07) is 13.4. The molecule has 0 bridgehead atoms. The fourth-order valence-electron chi connectivity index (χ4n) is 2.08. The summed E-state index contributed by atoms with van der Waals surface area (Å²) < 4.78 is 28.0. The summed E-state index contributed by atoms with van der Waals surface area (Å²) in [6.45, 7) is 5.25.